The Hall–Kier alpha value is -1.93. The average molecular weight is 831 g/mol. The number of allylic oxidation sites excluding steroid dienone is 1. The van der Waals surface area contributed by atoms with Gasteiger partial charge in [-0.2, -0.15) is 0 Å². The lowest BCUT2D eigenvalue weighted by atomic mass is 9.46. The standard InChI is InChI=1S/C47H78N2O10/c1-8-38-42(54)41(53)30(5)49(22-10-13-36(51)43(27(2)24-28(3)45(56)58-38)59-39-14-9-12-29(4)57-39)23-11-21-48-44(55)35-18-17-34-33-16-15-31-25-32(50)19-20-46(31,6)40(33)37(52)26-47(34,35)7/h25,27-30,33-43,51-54H,8-24,26H2,1-7H3,(H,48,55)/t27-,28+,29+,30+,33?,34?,35+,36+,37?,38+,39-,40?,41+,42+,43+,46-,47-/m0/s1. The van der Waals surface area contributed by atoms with E-state index in [1.807, 2.05) is 33.8 Å². The number of aliphatic hydroxyl groups is 4. The summed E-state index contributed by atoms with van der Waals surface area (Å²) in [6, 6.07) is -0.502. The summed E-state index contributed by atoms with van der Waals surface area (Å²) in [6.45, 7) is 15.5. The van der Waals surface area contributed by atoms with Crippen molar-refractivity contribution in [2.75, 3.05) is 19.6 Å². The van der Waals surface area contributed by atoms with Gasteiger partial charge in [-0.25, -0.2) is 0 Å². The molecule has 3 saturated carbocycles. The lowest BCUT2D eigenvalue weighted by molar-refractivity contribution is -0.236. The number of rotatable bonds is 8. The van der Waals surface area contributed by atoms with E-state index >= 15 is 0 Å². The number of carbonyl (C=O) groups excluding carboxylic acids is 3. The van der Waals surface area contributed by atoms with Crippen molar-refractivity contribution in [3.8, 4) is 0 Å². The Morgan fingerprint density at radius 2 is 1.71 bits per heavy atom. The molecule has 4 aliphatic carbocycles. The number of ether oxygens (including phenoxy) is 3. The van der Waals surface area contributed by atoms with Gasteiger partial charge in [0, 0.05) is 31.5 Å². The average Bonchev–Trinajstić information content (AvgIpc) is 3.54. The fourth-order valence-corrected chi connectivity index (χ4v) is 12.9. The summed E-state index contributed by atoms with van der Waals surface area (Å²) in [6.07, 6.45) is 6.94. The van der Waals surface area contributed by atoms with E-state index < -0.39 is 60.8 Å². The number of ketones is 1. The minimum absolute atomic E-state index is 0.0357. The highest BCUT2D eigenvalue weighted by Crippen LogP contribution is 2.66. The Morgan fingerprint density at radius 3 is 2.44 bits per heavy atom. The van der Waals surface area contributed by atoms with Crippen LogP contribution in [0.1, 0.15) is 145 Å². The summed E-state index contributed by atoms with van der Waals surface area (Å²) in [5, 5.41) is 49.6. The minimum Gasteiger partial charge on any atom is -0.459 e. The molecule has 12 heteroatoms. The fraction of sp³-hybridized carbons (Fsp3) is 0.894. The van der Waals surface area contributed by atoms with Crippen LogP contribution in [0.4, 0.5) is 0 Å². The predicted molar refractivity (Wildman–Crippen MR) is 224 cm³/mol. The normalized spacial score (nSPS) is 45.5. The molecule has 2 heterocycles. The molecule has 2 saturated heterocycles. The van der Waals surface area contributed by atoms with E-state index in [0.717, 1.165) is 51.4 Å². The number of carbonyl (C=O) groups is 3. The first kappa shape index (κ1) is 46.6. The van der Waals surface area contributed by atoms with Crippen molar-refractivity contribution >= 4 is 17.7 Å². The maximum Gasteiger partial charge on any atom is 0.309 e. The highest BCUT2D eigenvalue weighted by atomic mass is 16.7. The SMILES string of the molecule is CC[C@H]1OC(=O)[C@H](C)C[C@H](C)[C@@H](O[C@H]2CCC[C@@H](C)O2)[C@H](O)CCCN(CCCNC(=O)[C@H]2CCC3C4CCC5=CC(=O)CC[C@]5(C)C4C(O)C[C@@]32C)[C@H](C)[C@@H](O)[C@@H]1O. The molecular weight excluding hydrogens is 753 g/mol. The quantitative estimate of drug-likeness (QED) is 0.155. The summed E-state index contributed by atoms with van der Waals surface area (Å²) < 4.78 is 18.4. The smallest absolute Gasteiger partial charge is 0.309 e. The summed E-state index contributed by atoms with van der Waals surface area (Å²) in [5.41, 5.74) is 0.758. The van der Waals surface area contributed by atoms with Crippen LogP contribution in [0.15, 0.2) is 11.6 Å². The third kappa shape index (κ3) is 9.99. The number of aliphatic hydroxyl groups excluding tert-OH is 4. The number of nitrogens with one attached hydrogen (secondary N) is 1. The molecule has 0 radical (unpaired) electrons. The van der Waals surface area contributed by atoms with Crippen molar-refractivity contribution < 1.29 is 49.0 Å². The molecule has 5 fully saturated rings. The van der Waals surface area contributed by atoms with Gasteiger partial charge in [-0.3, -0.25) is 19.3 Å². The Balaban J connectivity index is 1.09. The number of cyclic esters (lactones) is 1. The summed E-state index contributed by atoms with van der Waals surface area (Å²) in [4.78, 5) is 41.8. The third-order valence-corrected chi connectivity index (χ3v) is 16.4. The molecule has 1 amide bonds. The van der Waals surface area contributed by atoms with Crippen molar-refractivity contribution in [1.29, 1.82) is 0 Å². The third-order valence-electron chi connectivity index (χ3n) is 16.4. The molecule has 0 bridgehead atoms. The van der Waals surface area contributed by atoms with Gasteiger partial charge in [0.05, 0.1) is 36.4 Å². The molecule has 0 aromatic rings. The van der Waals surface area contributed by atoms with Crippen LogP contribution < -0.4 is 5.32 Å². The van der Waals surface area contributed by atoms with Crippen LogP contribution in [0.2, 0.25) is 0 Å². The van der Waals surface area contributed by atoms with Gasteiger partial charge in [-0.1, -0.05) is 40.2 Å². The molecule has 336 valence electrons. The van der Waals surface area contributed by atoms with E-state index in [9.17, 15) is 34.8 Å². The zero-order chi connectivity index (χ0) is 42.8. The molecule has 2 aliphatic heterocycles. The van der Waals surface area contributed by atoms with Crippen LogP contribution >= 0.6 is 0 Å². The van der Waals surface area contributed by atoms with Gasteiger partial charge in [0.15, 0.2) is 12.1 Å². The van der Waals surface area contributed by atoms with Gasteiger partial charge in [-0.15, -0.1) is 0 Å². The van der Waals surface area contributed by atoms with Crippen molar-refractivity contribution in [2.24, 2.45) is 46.3 Å². The van der Waals surface area contributed by atoms with E-state index in [0.29, 0.717) is 76.4 Å². The largest absolute Gasteiger partial charge is 0.459 e. The molecule has 59 heavy (non-hydrogen) atoms. The monoisotopic (exact) mass is 831 g/mol. The van der Waals surface area contributed by atoms with E-state index in [1.165, 1.54) is 5.57 Å². The van der Waals surface area contributed by atoms with E-state index in [2.05, 4.69) is 24.1 Å². The Kier molecular flexibility index (Phi) is 15.5. The molecule has 0 aromatic heterocycles. The Morgan fingerprint density at radius 1 is 0.949 bits per heavy atom. The van der Waals surface area contributed by atoms with E-state index in [4.69, 9.17) is 14.2 Å². The highest BCUT2D eigenvalue weighted by molar-refractivity contribution is 5.91. The van der Waals surface area contributed by atoms with Crippen molar-refractivity contribution in [2.45, 2.75) is 200 Å². The van der Waals surface area contributed by atoms with Gasteiger partial charge < -0.3 is 40.0 Å². The molecule has 5 N–H and O–H groups in total. The summed E-state index contributed by atoms with van der Waals surface area (Å²) >= 11 is 0. The number of fused-ring (bicyclic) bond motifs is 5. The Bertz CT molecular complexity index is 1490. The number of hydrogen-bond donors (Lipinski definition) is 5. The van der Waals surface area contributed by atoms with Gasteiger partial charge in [0.1, 0.15) is 12.2 Å². The fourth-order valence-electron chi connectivity index (χ4n) is 12.9. The molecule has 17 atom stereocenters. The summed E-state index contributed by atoms with van der Waals surface area (Å²) in [5.74, 6) is -0.281. The summed E-state index contributed by atoms with van der Waals surface area (Å²) in [7, 11) is 0. The Labute approximate surface area is 353 Å². The number of esters is 1. The van der Waals surface area contributed by atoms with Crippen LogP contribution in [0.3, 0.4) is 0 Å². The molecule has 6 rings (SSSR count). The molecule has 6 aliphatic rings. The van der Waals surface area contributed by atoms with Crippen LogP contribution in [-0.4, -0.2) is 118 Å². The lowest BCUT2D eigenvalue weighted by Gasteiger charge is -2.59. The second-order valence-corrected chi connectivity index (χ2v) is 20.3. The first-order valence-corrected chi connectivity index (χ1v) is 23.5. The predicted octanol–water partition coefficient (Wildman–Crippen LogP) is 5.46. The van der Waals surface area contributed by atoms with E-state index in [1.54, 1.807) is 6.92 Å². The van der Waals surface area contributed by atoms with Crippen molar-refractivity contribution in [3.63, 3.8) is 0 Å². The second kappa shape index (κ2) is 19.6. The first-order valence-electron chi connectivity index (χ1n) is 23.5. The highest BCUT2D eigenvalue weighted by Gasteiger charge is 2.63. The molecular formula is C47H78N2O10. The zero-order valence-electron chi connectivity index (χ0n) is 37.2. The van der Waals surface area contributed by atoms with Gasteiger partial charge in [-0.05, 0) is 151 Å². The van der Waals surface area contributed by atoms with Gasteiger partial charge in [0.25, 0.3) is 0 Å². The molecule has 0 spiro atoms. The van der Waals surface area contributed by atoms with Gasteiger partial charge >= 0.3 is 5.97 Å². The maximum atomic E-state index is 14.0. The van der Waals surface area contributed by atoms with Gasteiger partial charge in [0.2, 0.25) is 5.91 Å². The number of amides is 1. The van der Waals surface area contributed by atoms with Crippen LogP contribution in [0, 0.1) is 46.3 Å². The number of hydrogen-bond acceptors (Lipinski definition) is 11. The van der Waals surface area contributed by atoms with Crippen LogP contribution in [0.25, 0.3) is 0 Å². The van der Waals surface area contributed by atoms with Crippen LogP contribution in [0.5, 0.6) is 0 Å². The lowest BCUT2D eigenvalue weighted by Crippen LogP contribution is -2.57. The van der Waals surface area contributed by atoms with Crippen molar-refractivity contribution in [3.05, 3.63) is 11.6 Å². The zero-order valence-corrected chi connectivity index (χ0v) is 37.2. The maximum absolute atomic E-state index is 14.0. The van der Waals surface area contributed by atoms with E-state index in [-0.39, 0.29) is 46.4 Å². The minimum atomic E-state index is -1.29. The van der Waals surface area contributed by atoms with Crippen LogP contribution in [-0.2, 0) is 28.6 Å². The number of nitrogens with zero attached hydrogens (tertiary/aromatic N) is 1. The van der Waals surface area contributed by atoms with Crippen molar-refractivity contribution in [1.82, 2.24) is 10.2 Å². The molecule has 4 unspecified atom stereocenters. The topological polar surface area (TPSA) is 175 Å². The first-order chi connectivity index (χ1) is 28.0. The molecule has 12 nitrogen and oxygen atoms in total. The molecule has 0 aromatic carbocycles. The second-order valence-electron chi connectivity index (χ2n) is 20.3.